The topological polar surface area (TPSA) is 55.1 Å². The van der Waals surface area contributed by atoms with Crippen LogP contribution in [0.25, 0.3) is 11.0 Å². The van der Waals surface area contributed by atoms with Crippen molar-refractivity contribution < 1.29 is 9.32 Å². The van der Waals surface area contributed by atoms with Gasteiger partial charge in [0.15, 0.2) is 5.58 Å². The van der Waals surface area contributed by atoms with Crippen LogP contribution in [-0.4, -0.2) is 17.6 Å². The Kier molecular flexibility index (Phi) is 2.88. The van der Waals surface area contributed by atoms with Crippen LogP contribution in [0.15, 0.2) is 28.8 Å². The van der Waals surface area contributed by atoms with Crippen molar-refractivity contribution in [2.75, 3.05) is 6.54 Å². The molecular formula is C12H10N2O2. The van der Waals surface area contributed by atoms with Crippen LogP contribution in [0.1, 0.15) is 5.69 Å². The number of benzene rings is 1. The Balaban J connectivity index is 2.16. The Morgan fingerprint density at radius 3 is 3.12 bits per heavy atom. The monoisotopic (exact) mass is 214 g/mol. The summed E-state index contributed by atoms with van der Waals surface area (Å²) in [4.78, 5) is 11.4. The zero-order chi connectivity index (χ0) is 11.4. The van der Waals surface area contributed by atoms with Crippen LogP contribution in [0.5, 0.6) is 0 Å². The van der Waals surface area contributed by atoms with Crippen LogP contribution in [0.3, 0.4) is 0 Å². The number of para-hydroxylation sites is 1. The third-order valence-electron chi connectivity index (χ3n) is 2.17. The zero-order valence-electron chi connectivity index (χ0n) is 8.56. The van der Waals surface area contributed by atoms with Crippen LogP contribution in [0.2, 0.25) is 0 Å². The first-order valence-electron chi connectivity index (χ1n) is 4.84. The molecule has 0 radical (unpaired) electrons. The van der Waals surface area contributed by atoms with E-state index in [1.54, 1.807) is 0 Å². The third-order valence-corrected chi connectivity index (χ3v) is 2.17. The van der Waals surface area contributed by atoms with Gasteiger partial charge < -0.3 is 9.84 Å². The van der Waals surface area contributed by atoms with Crippen molar-refractivity contribution in [2.45, 2.75) is 6.42 Å². The van der Waals surface area contributed by atoms with Crippen molar-refractivity contribution in [3.8, 4) is 12.3 Å². The zero-order valence-corrected chi connectivity index (χ0v) is 8.56. The fourth-order valence-electron chi connectivity index (χ4n) is 1.43. The first kappa shape index (κ1) is 10.2. The fourth-order valence-corrected chi connectivity index (χ4v) is 1.43. The number of carbonyl (C=O) groups excluding carboxylic acids is 1. The van der Waals surface area contributed by atoms with Crippen molar-refractivity contribution in [2.24, 2.45) is 0 Å². The van der Waals surface area contributed by atoms with Gasteiger partial charge in [0.2, 0.25) is 5.91 Å². The van der Waals surface area contributed by atoms with Crippen molar-refractivity contribution in [1.29, 1.82) is 0 Å². The van der Waals surface area contributed by atoms with E-state index in [1.165, 1.54) is 0 Å². The number of rotatable bonds is 3. The maximum absolute atomic E-state index is 11.4. The first-order valence-corrected chi connectivity index (χ1v) is 4.84. The summed E-state index contributed by atoms with van der Waals surface area (Å²) in [5, 5.41) is 7.29. The minimum Gasteiger partial charge on any atom is -0.356 e. The van der Waals surface area contributed by atoms with Gasteiger partial charge in [-0.3, -0.25) is 4.79 Å². The number of aromatic nitrogens is 1. The molecule has 1 aromatic carbocycles. The highest BCUT2D eigenvalue weighted by molar-refractivity contribution is 5.86. The van der Waals surface area contributed by atoms with Crippen LogP contribution in [0, 0.1) is 12.3 Å². The molecule has 4 heteroatoms. The molecule has 0 aliphatic carbocycles. The van der Waals surface area contributed by atoms with E-state index in [0.29, 0.717) is 11.3 Å². The molecule has 0 saturated heterocycles. The summed E-state index contributed by atoms with van der Waals surface area (Å²) in [6.07, 6.45) is 5.22. The molecule has 4 nitrogen and oxygen atoms in total. The van der Waals surface area contributed by atoms with Gasteiger partial charge in [0.05, 0.1) is 13.0 Å². The van der Waals surface area contributed by atoms with E-state index >= 15 is 0 Å². The summed E-state index contributed by atoms with van der Waals surface area (Å²) >= 11 is 0. The van der Waals surface area contributed by atoms with Gasteiger partial charge in [-0.05, 0) is 12.1 Å². The molecule has 1 heterocycles. The Labute approximate surface area is 92.6 Å². The molecular weight excluding hydrogens is 204 g/mol. The summed E-state index contributed by atoms with van der Waals surface area (Å²) in [6.45, 7) is 0.231. The van der Waals surface area contributed by atoms with Gasteiger partial charge in [-0.2, -0.15) is 0 Å². The molecule has 1 N–H and O–H groups in total. The van der Waals surface area contributed by atoms with Crippen molar-refractivity contribution in [3.63, 3.8) is 0 Å². The van der Waals surface area contributed by atoms with Crippen molar-refractivity contribution >= 4 is 16.9 Å². The molecule has 0 aliphatic rings. The Bertz CT molecular complexity index is 551. The quantitative estimate of drug-likeness (QED) is 0.779. The second kappa shape index (κ2) is 4.49. The number of amides is 1. The third kappa shape index (κ3) is 2.04. The number of hydrogen-bond donors (Lipinski definition) is 1. The normalized spacial score (nSPS) is 9.94. The Morgan fingerprint density at radius 2 is 2.31 bits per heavy atom. The molecule has 16 heavy (non-hydrogen) atoms. The number of nitrogens with zero attached hydrogens (tertiary/aromatic N) is 1. The van der Waals surface area contributed by atoms with Crippen LogP contribution in [0.4, 0.5) is 0 Å². The van der Waals surface area contributed by atoms with E-state index in [2.05, 4.69) is 16.4 Å². The second-order valence-electron chi connectivity index (χ2n) is 3.28. The molecule has 80 valence electrons. The molecule has 0 saturated carbocycles. The maximum Gasteiger partial charge on any atom is 0.226 e. The van der Waals surface area contributed by atoms with E-state index in [9.17, 15) is 4.79 Å². The van der Waals surface area contributed by atoms with Crippen LogP contribution >= 0.6 is 0 Å². The summed E-state index contributed by atoms with van der Waals surface area (Å²) in [7, 11) is 0. The molecule has 1 aromatic heterocycles. The standard InChI is InChI=1S/C12H10N2O2/c1-2-7-13-12(15)8-10-9-5-3-4-6-11(9)16-14-10/h1,3-6H,7-8H2,(H,13,15). The predicted octanol–water partition coefficient (Wildman–Crippen LogP) is 1.12. The lowest BCUT2D eigenvalue weighted by atomic mass is 10.2. The SMILES string of the molecule is C#CCNC(=O)Cc1noc2ccccc12. The number of hydrogen-bond acceptors (Lipinski definition) is 3. The Morgan fingerprint density at radius 1 is 1.50 bits per heavy atom. The van der Waals surface area contributed by atoms with Gasteiger partial charge in [-0.1, -0.05) is 23.2 Å². The highest BCUT2D eigenvalue weighted by atomic mass is 16.5. The molecule has 0 bridgehead atoms. The summed E-state index contributed by atoms with van der Waals surface area (Å²) in [5.41, 5.74) is 1.31. The number of carbonyl (C=O) groups is 1. The van der Waals surface area contributed by atoms with Gasteiger partial charge in [0.1, 0.15) is 5.69 Å². The average molecular weight is 214 g/mol. The highest BCUT2D eigenvalue weighted by Gasteiger charge is 2.10. The van der Waals surface area contributed by atoms with Gasteiger partial charge >= 0.3 is 0 Å². The number of nitrogens with one attached hydrogen (secondary N) is 1. The van der Waals surface area contributed by atoms with Crippen molar-refractivity contribution in [3.05, 3.63) is 30.0 Å². The molecule has 2 rings (SSSR count). The molecule has 0 unspecified atom stereocenters. The van der Waals surface area contributed by atoms with E-state index in [4.69, 9.17) is 10.9 Å². The molecule has 0 aliphatic heterocycles. The molecule has 2 aromatic rings. The van der Waals surface area contributed by atoms with Gasteiger partial charge in [0.25, 0.3) is 0 Å². The minimum absolute atomic E-state index is 0.156. The van der Waals surface area contributed by atoms with Gasteiger partial charge in [-0.15, -0.1) is 6.42 Å². The summed E-state index contributed by atoms with van der Waals surface area (Å²) in [6, 6.07) is 7.42. The average Bonchev–Trinajstić information content (AvgIpc) is 2.70. The lowest BCUT2D eigenvalue weighted by Crippen LogP contribution is -2.25. The van der Waals surface area contributed by atoms with E-state index in [-0.39, 0.29) is 18.9 Å². The highest BCUT2D eigenvalue weighted by Crippen LogP contribution is 2.17. The summed E-state index contributed by atoms with van der Waals surface area (Å²) in [5.74, 6) is 2.18. The molecule has 0 fully saturated rings. The van der Waals surface area contributed by atoms with Crippen LogP contribution in [-0.2, 0) is 11.2 Å². The Hall–Kier alpha value is -2.28. The minimum atomic E-state index is -0.156. The lowest BCUT2D eigenvalue weighted by molar-refractivity contribution is -0.120. The maximum atomic E-state index is 11.4. The smallest absolute Gasteiger partial charge is 0.226 e. The van der Waals surface area contributed by atoms with Gasteiger partial charge in [-0.25, -0.2) is 0 Å². The molecule has 1 amide bonds. The predicted molar refractivity (Wildman–Crippen MR) is 59.6 cm³/mol. The number of terminal acetylenes is 1. The molecule has 0 atom stereocenters. The molecule has 0 spiro atoms. The largest absolute Gasteiger partial charge is 0.356 e. The van der Waals surface area contributed by atoms with E-state index in [1.807, 2.05) is 24.3 Å². The fraction of sp³-hybridized carbons (Fsp3) is 0.167. The second-order valence-corrected chi connectivity index (χ2v) is 3.28. The summed E-state index contributed by atoms with van der Waals surface area (Å²) < 4.78 is 5.08. The lowest BCUT2D eigenvalue weighted by Gasteiger charge is -1.98. The van der Waals surface area contributed by atoms with E-state index in [0.717, 1.165) is 5.39 Å². The van der Waals surface area contributed by atoms with Crippen LogP contribution < -0.4 is 5.32 Å². The van der Waals surface area contributed by atoms with Gasteiger partial charge in [0, 0.05) is 5.39 Å². The van der Waals surface area contributed by atoms with Crippen molar-refractivity contribution in [1.82, 2.24) is 10.5 Å². The van der Waals surface area contributed by atoms with E-state index < -0.39 is 0 Å². The number of fused-ring (bicyclic) bond motifs is 1. The first-order chi connectivity index (χ1) is 7.81.